The first-order valence-corrected chi connectivity index (χ1v) is 6.22. The van der Waals surface area contributed by atoms with Gasteiger partial charge in [-0.15, -0.1) is 0 Å². The van der Waals surface area contributed by atoms with Gasteiger partial charge >= 0.3 is 5.97 Å². The molecule has 1 amide bonds. The van der Waals surface area contributed by atoms with E-state index >= 15 is 0 Å². The van der Waals surface area contributed by atoms with Gasteiger partial charge in [0, 0.05) is 0 Å². The van der Waals surface area contributed by atoms with Crippen LogP contribution in [0.15, 0.2) is 60.7 Å². The van der Waals surface area contributed by atoms with Crippen molar-refractivity contribution >= 4 is 11.9 Å². The fourth-order valence-corrected chi connectivity index (χ4v) is 1.49. The maximum Gasteiger partial charge on any atom is 0.335 e. The van der Waals surface area contributed by atoms with Gasteiger partial charge in [0.1, 0.15) is 0 Å². The largest absolute Gasteiger partial charge is 0.478 e. The Hall–Kier alpha value is -2.66. The number of carbonyl (C=O) groups excluding carboxylic acids is 1. The first-order chi connectivity index (χ1) is 9.85. The molecule has 0 radical (unpaired) electrons. The minimum atomic E-state index is -1.57. The maximum atomic E-state index is 10.8. The first-order valence-electron chi connectivity index (χ1n) is 6.22. The molecule has 0 bridgehead atoms. The third kappa shape index (κ3) is 4.74. The zero-order valence-electron chi connectivity index (χ0n) is 11.6. The highest BCUT2D eigenvalue weighted by atomic mass is 16.4. The lowest BCUT2D eigenvalue weighted by molar-refractivity contribution is -0.135. The minimum Gasteiger partial charge on any atom is -0.478 e. The van der Waals surface area contributed by atoms with Gasteiger partial charge in [-0.05, 0) is 24.6 Å². The smallest absolute Gasteiger partial charge is 0.335 e. The van der Waals surface area contributed by atoms with Crippen LogP contribution >= 0.6 is 0 Å². The molecule has 4 N–H and O–H groups in total. The van der Waals surface area contributed by atoms with Crippen molar-refractivity contribution in [2.45, 2.75) is 12.5 Å². The highest BCUT2D eigenvalue weighted by Gasteiger charge is 2.29. The van der Waals surface area contributed by atoms with E-state index in [4.69, 9.17) is 10.8 Å². The third-order valence-corrected chi connectivity index (χ3v) is 2.84. The van der Waals surface area contributed by atoms with Crippen molar-refractivity contribution < 1.29 is 19.8 Å². The zero-order valence-corrected chi connectivity index (χ0v) is 11.6. The molecule has 1 unspecified atom stereocenters. The molecule has 0 heterocycles. The summed E-state index contributed by atoms with van der Waals surface area (Å²) in [5.41, 5.74) is 4.29. The van der Waals surface area contributed by atoms with Gasteiger partial charge in [0.25, 0.3) is 5.91 Å². The summed E-state index contributed by atoms with van der Waals surface area (Å²) >= 11 is 0. The van der Waals surface area contributed by atoms with Crippen LogP contribution in [0, 0.1) is 0 Å². The Balaban J connectivity index is 0.000000219. The molecule has 2 aromatic carbocycles. The van der Waals surface area contributed by atoms with Crippen LogP contribution in [0.3, 0.4) is 0 Å². The van der Waals surface area contributed by atoms with E-state index in [0.29, 0.717) is 11.1 Å². The number of aromatic carboxylic acids is 1. The molecule has 21 heavy (non-hydrogen) atoms. The van der Waals surface area contributed by atoms with Crippen molar-refractivity contribution in [1.29, 1.82) is 0 Å². The second-order valence-electron chi connectivity index (χ2n) is 4.47. The number of rotatable bonds is 3. The summed E-state index contributed by atoms with van der Waals surface area (Å²) < 4.78 is 0. The molecule has 0 saturated carbocycles. The number of hydrogen-bond acceptors (Lipinski definition) is 3. The number of amides is 1. The monoisotopic (exact) mass is 287 g/mol. The molecule has 0 aromatic heterocycles. The van der Waals surface area contributed by atoms with Crippen LogP contribution in [0.1, 0.15) is 22.8 Å². The highest BCUT2D eigenvalue weighted by Crippen LogP contribution is 2.18. The van der Waals surface area contributed by atoms with E-state index < -0.39 is 17.5 Å². The van der Waals surface area contributed by atoms with Gasteiger partial charge in [-0.1, -0.05) is 48.5 Å². The van der Waals surface area contributed by atoms with Crippen molar-refractivity contribution in [3.8, 4) is 0 Å². The van der Waals surface area contributed by atoms with E-state index in [1.54, 1.807) is 60.7 Å². The van der Waals surface area contributed by atoms with Crippen molar-refractivity contribution in [3.63, 3.8) is 0 Å². The Morgan fingerprint density at radius 3 is 1.71 bits per heavy atom. The predicted octanol–water partition coefficient (Wildman–Crippen LogP) is 1.76. The van der Waals surface area contributed by atoms with E-state index in [2.05, 4.69) is 0 Å². The fraction of sp³-hybridized carbons (Fsp3) is 0.125. The van der Waals surface area contributed by atoms with Crippen LogP contribution in [-0.4, -0.2) is 22.1 Å². The van der Waals surface area contributed by atoms with Gasteiger partial charge in [0.05, 0.1) is 5.56 Å². The Morgan fingerprint density at radius 2 is 1.38 bits per heavy atom. The lowest BCUT2D eigenvalue weighted by Gasteiger charge is -2.18. The summed E-state index contributed by atoms with van der Waals surface area (Å²) in [4.78, 5) is 21.0. The molecular formula is C16H17NO4. The molecule has 0 aliphatic carbocycles. The number of primary amides is 1. The Bertz CT molecular complexity index is 594. The molecule has 0 spiro atoms. The number of carboxylic acids is 1. The Kier molecular flexibility index (Phi) is 5.63. The summed E-state index contributed by atoms with van der Waals surface area (Å²) in [6.45, 7) is 1.38. The van der Waals surface area contributed by atoms with Crippen molar-refractivity contribution in [1.82, 2.24) is 0 Å². The number of nitrogens with two attached hydrogens (primary N) is 1. The Morgan fingerprint density at radius 1 is 0.952 bits per heavy atom. The number of carboxylic acid groups (broad SMARTS) is 1. The van der Waals surface area contributed by atoms with Crippen LogP contribution in [0.25, 0.3) is 0 Å². The minimum absolute atomic E-state index is 0.331. The average Bonchev–Trinajstić information content (AvgIpc) is 2.49. The van der Waals surface area contributed by atoms with Gasteiger partial charge in [-0.25, -0.2) is 4.79 Å². The summed E-state index contributed by atoms with van der Waals surface area (Å²) in [5.74, 6) is -1.62. The Labute approximate surface area is 122 Å². The summed E-state index contributed by atoms with van der Waals surface area (Å²) in [7, 11) is 0. The zero-order chi connectivity index (χ0) is 15.9. The fourth-order valence-electron chi connectivity index (χ4n) is 1.49. The molecule has 0 fully saturated rings. The molecule has 0 aliphatic rings. The molecule has 2 aromatic rings. The van der Waals surface area contributed by atoms with E-state index in [0.717, 1.165) is 0 Å². The number of aliphatic hydroxyl groups is 1. The molecular weight excluding hydrogens is 270 g/mol. The van der Waals surface area contributed by atoms with Crippen LogP contribution < -0.4 is 5.73 Å². The SMILES string of the molecule is CC(O)(C(N)=O)c1ccccc1.O=C(O)c1ccccc1. The normalized spacial score (nSPS) is 12.5. The van der Waals surface area contributed by atoms with E-state index in [-0.39, 0.29) is 0 Å². The van der Waals surface area contributed by atoms with Crippen LogP contribution in [0.5, 0.6) is 0 Å². The topological polar surface area (TPSA) is 101 Å². The number of benzene rings is 2. The van der Waals surface area contributed by atoms with Crippen LogP contribution in [-0.2, 0) is 10.4 Å². The molecule has 0 saturated heterocycles. The van der Waals surface area contributed by atoms with Gasteiger partial charge in [0.2, 0.25) is 0 Å². The highest BCUT2D eigenvalue weighted by molar-refractivity contribution is 5.87. The molecule has 5 heteroatoms. The lowest BCUT2D eigenvalue weighted by atomic mass is 9.96. The lowest BCUT2D eigenvalue weighted by Crippen LogP contribution is -2.38. The van der Waals surface area contributed by atoms with Gasteiger partial charge in [0.15, 0.2) is 5.60 Å². The summed E-state index contributed by atoms with van der Waals surface area (Å²) in [6, 6.07) is 16.9. The van der Waals surface area contributed by atoms with Crippen LogP contribution in [0.2, 0.25) is 0 Å². The van der Waals surface area contributed by atoms with Crippen molar-refractivity contribution in [3.05, 3.63) is 71.8 Å². The van der Waals surface area contributed by atoms with Gasteiger partial charge in [-0.2, -0.15) is 0 Å². The van der Waals surface area contributed by atoms with Gasteiger partial charge in [-0.3, -0.25) is 4.79 Å². The molecule has 110 valence electrons. The quantitative estimate of drug-likeness (QED) is 0.800. The van der Waals surface area contributed by atoms with E-state index in [9.17, 15) is 14.7 Å². The van der Waals surface area contributed by atoms with Gasteiger partial charge < -0.3 is 15.9 Å². The molecule has 2 rings (SSSR count). The summed E-state index contributed by atoms with van der Waals surface area (Å²) in [6.07, 6.45) is 0. The standard InChI is InChI=1S/C9H11NO2.C7H6O2/c1-9(12,8(10)11)7-5-3-2-4-6-7;8-7(9)6-4-2-1-3-5-6/h2-6,12H,1H3,(H2,10,11);1-5H,(H,8,9). The van der Waals surface area contributed by atoms with E-state index in [1.807, 2.05) is 0 Å². The molecule has 0 aliphatic heterocycles. The second-order valence-corrected chi connectivity index (χ2v) is 4.47. The molecule has 1 atom stereocenters. The average molecular weight is 287 g/mol. The molecule has 5 nitrogen and oxygen atoms in total. The van der Waals surface area contributed by atoms with E-state index in [1.165, 1.54) is 6.92 Å². The maximum absolute atomic E-state index is 10.8. The van der Waals surface area contributed by atoms with Crippen LogP contribution in [0.4, 0.5) is 0 Å². The predicted molar refractivity (Wildman–Crippen MR) is 78.6 cm³/mol. The second kappa shape index (κ2) is 7.21. The third-order valence-electron chi connectivity index (χ3n) is 2.84. The van der Waals surface area contributed by atoms with Crippen molar-refractivity contribution in [2.75, 3.05) is 0 Å². The number of carbonyl (C=O) groups is 2. The summed E-state index contributed by atoms with van der Waals surface area (Å²) in [5, 5.41) is 18.0. The first kappa shape index (κ1) is 16.4. The van der Waals surface area contributed by atoms with Crippen molar-refractivity contribution in [2.24, 2.45) is 5.73 Å². The number of hydrogen-bond donors (Lipinski definition) is 3.